The van der Waals surface area contributed by atoms with Gasteiger partial charge in [-0.2, -0.15) is 0 Å². The minimum Gasteiger partial charge on any atom is -0.493 e. The molecule has 0 fully saturated rings. The Morgan fingerprint density at radius 2 is 1.69 bits per heavy atom. The number of aromatic amines is 1. The zero-order valence-electron chi connectivity index (χ0n) is 17.4. The van der Waals surface area contributed by atoms with Crippen LogP contribution in [0.5, 0.6) is 11.5 Å². The number of aryl methyl sites for hydroxylation is 1. The molecule has 1 aromatic heterocycles. The van der Waals surface area contributed by atoms with E-state index in [-0.39, 0.29) is 17.9 Å². The van der Waals surface area contributed by atoms with E-state index in [1.807, 2.05) is 0 Å². The van der Waals surface area contributed by atoms with Crippen LogP contribution in [0.4, 0.5) is 0 Å². The molecule has 0 saturated heterocycles. The number of ether oxygens (including phenoxy) is 4. The summed E-state index contributed by atoms with van der Waals surface area (Å²) in [7, 11) is 2.94. The number of hydrogen-bond donors (Lipinski definition) is 1. The highest BCUT2D eigenvalue weighted by molar-refractivity contribution is 6.04. The van der Waals surface area contributed by atoms with Crippen LogP contribution in [0.3, 0.4) is 0 Å². The van der Waals surface area contributed by atoms with Crippen molar-refractivity contribution in [3.63, 3.8) is 0 Å². The predicted octanol–water partition coefficient (Wildman–Crippen LogP) is 3.25. The summed E-state index contributed by atoms with van der Waals surface area (Å²) in [4.78, 5) is 40.3. The quantitative estimate of drug-likeness (QED) is 0.533. The van der Waals surface area contributed by atoms with Gasteiger partial charge < -0.3 is 23.9 Å². The predicted molar refractivity (Wildman–Crippen MR) is 105 cm³/mol. The molecule has 1 heterocycles. The summed E-state index contributed by atoms with van der Waals surface area (Å²) >= 11 is 0. The molecule has 8 heteroatoms. The highest BCUT2D eigenvalue weighted by Crippen LogP contribution is 2.28. The van der Waals surface area contributed by atoms with E-state index in [9.17, 15) is 14.4 Å². The third-order valence-corrected chi connectivity index (χ3v) is 4.44. The first-order valence-corrected chi connectivity index (χ1v) is 9.08. The van der Waals surface area contributed by atoms with Gasteiger partial charge in [-0.3, -0.25) is 4.79 Å². The number of hydrogen-bond acceptors (Lipinski definition) is 7. The molecular formula is C21H25NO7. The maximum atomic E-state index is 12.8. The Bertz CT molecular complexity index is 929. The zero-order chi connectivity index (χ0) is 21.7. The lowest BCUT2D eigenvalue weighted by molar-refractivity contribution is 0.0316. The second-order valence-electron chi connectivity index (χ2n) is 6.33. The summed E-state index contributed by atoms with van der Waals surface area (Å²) in [5, 5.41) is 0. The van der Waals surface area contributed by atoms with Gasteiger partial charge >= 0.3 is 11.9 Å². The van der Waals surface area contributed by atoms with E-state index in [0.717, 1.165) is 0 Å². The monoisotopic (exact) mass is 403 g/mol. The van der Waals surface area contributed by atoms with E-state index in [1.54, 1.807) is 26.8 Å². The fraction of sp³-hybridized carbons (Fsp3) is 0.381. The second kappa shape index (κ2) is 9.27. The van der Waals surface area contributed by atoms with E-state index in [2.05, 4.69) is 4.98 Å². The van der Waals surface area contributed by atoms with Crippen LogP contribution in [0.25, 0.3) is 0 Å². The first-order chi connectivity index (χ1) is 13.7. The van der Waals surface area contributed by atoms with Crippen molar-refractivity contribution in [1.29, 1.82) is 0 Å². The standard InChI is InChI=1S/C21H25NO7/c1-7-28-21(25)17-11(2)18(22-12(17)3)19(23)13(4)29-20(24)14-8-9-15(26-5)16(10-14)27-6/h8-10,13,22H,7H2,1-6H3. The van der Waals surface area contributed by atoms with Crippen molar-refractivity contribution >= 4 is 17.7 Å². The van der Waals surface area contributed by atoms with Crippen LogP contribution in [0.1, 0.15) is 56.3 Å². The Hall–Kier alpha value is -3.29. The molecule has 0 saturated carbocycles. The average molecular weight is 403 g/mol. The number of methoxy groups -OCH3 is 2. The topological polar surface area (TPSA) is 104 Å². The van der Waals surface area contributed by atoms with Crippen molar-refractivity contribution in [1.82, 2.24) is 4.98 Å². The third kappa shape index (κ3) is 4.59. The summed E-state index contributed by atoms with van der Waals surface area (Å²) in [5.74, 6) is -0.797. The van der Waals surface area contributed by atoms with E-state index in [1.165, 1.54) is 33.3 Å². The Kier molecular flexibility index (Phi) is 7.03. The lowest BCUT2D eigenvalue weighted by Crippen LogP contribution is -2.25. The summed E-state index contributed by atoms with van der Waals surface area (Å²) < 4.78 is 20.7. The minimum atomic E-state index is -1.07. The van der Waals surface area contributed by atoms with Crippen LogP contribution < -0.4 is 9.47 Å². The number of rotatable bonds is 8. The van der Waals surface area contributed by atoms with Gasteiger partial charge in [0.05, 0.1) is 37.6 Å². The van der Waals surface area contributed by atoms with Crippen LogP contribution in [0.15, 0.2) is 18.2 Å². The van der Waals surface area contributed by atoms with Crippen molar-refractivity contribution in [3.05, 3.63) is 46.3 Å². The largest absolute Gasteiger partial charge is 0.493 e. The van der Waals surface area contributed by atoms with Gasteiger partial charge in [0.1, 0.15) is 0 Å². The first kappa shape index (κ1) is 22.0. The summed E-state index contributed by atoms with van der Waals surface area (Å²) in [6, 6.07) is 4.57. The molecule has 2 rings (SSSR count). The molecule has 0 amide bonds. The Morgan fingerprint density at radius 3 is 2.28 bits per heavy atom. The number of Topliss-reactive ketones (excluding diaryl/α,β-unsaturated/α-hetero) is 1. The Balaban J connectivity index is 2.20. The van der Waals surface area contributed by atoms with E-state index in [4.69, 9.17) is 18.9 Å². The van der Waals surface area contributed by atoms with E-state index >= 15 is 0 Å². The number of ketones is 1. The van der Waals surface area contributed by atoms with Crippen molar-refractivity contribution in [2.45, 2.75) is 33.8 Å². The summed E-state index contributed by atoms with van der Waals surface area (Å²) in [6.07, 6.45) is -1.07. The Morgan fingerprint density at radius 1 is 1.03 bits per heavy atom. The highest BCUT2D eigenvalue weighted by Gasteiger charge is 2.28. The number of esters is 2. The minimum absolute atomic E-state index is 0.207. The molecular weight excluding hydrogens is 378 g/mol. The SMILES string of the molecule is CCOC(=O)c1c(C)[nH]c(C(=O)C(C)OC(=O)c2ccc(OC)c(OC)c2)c1C. The summed E-state index contributed by atoms with van der Waals surface area (Å²) in [5.41, 5.74) is 1.71. The maximum absolute atomic E-state index is 12.8. The van der Waals surface area contributed by atoms with Gasteiger partial charge in [0.25, 0.3) is 0 Å². The zero-order valence-corrected chi connectivity index (χ0v) is 17.4. The van der Waals surface area contributed by atoms with Gasteiger partial charge in [-0.25, -0.2) is 9.59 Å². The molecule has 0 radical (unpaired) electrons. The molecule has 1 aromatic carbocycles. The first-order valence-electron chi connectivity index (χ1n) is 9.08. The number of benzene rings is 1. The second-order valence-corrected chi connectivity index (χ2v) is 6.33. The van der Waals surface area contributed by atoms with Gasteiger partial charge in [0.2, 0.25) is 5.78 Å². The highest BCUT2D eigenvalue weighted by atomic mass is 16.5. The number of carbonyl (C=O) groups excluding carboxylic acids is 3. The van der Waals surface area contributed by atoms with Gasteiger partial charge in [0.15, 0.2) is 17.6 Å². The molecule has 1 unspecified atom stereocenters. The third-order valence-electron chi connectivity index (χ3n) is 4.44. The van der Waals surface area contributed by atoms with Crippen LogP contribution in [-0.2, 0) is 9.47 Å². The van der Waals surface area contributed by atoms with E-state index < -0.39 is 23.8 Å². The lowest BCUT2D eigenvalue weighted by atomic mass is 10.1. The average Bonchev–Trinajstić information content (AvgIpc) is 3.00. The summed E-state index contributed by atoms with van der Waals surface area (Å²) in [6.45, 7) is 6.73. The van der Waals surface area contributed by atoms with Crippen molar-refractivity contribution in [2.24, 2.45) is 0 Å². The van der Waals surface area contributed by atoms with Crippen LogP contribution >= 0.6 is 0 Å². The van der Waals surface area contributed by atoms with Gasteiger partial charge in [-0.05, 0) is 51.5 Å². The number of aromatic nitrogens is 1. The molecule has 1 atom stereocenters. The van der Waals surface area contributed by atoms with Crippen molar-refractivity contribution in [3.8, 4) is 11.5 Å². The van der Waals surface area contributed by atoms with Crippen LogP contribution in [0, 0.1) is 13.8 Å². The normalized spacial score (nSPS) is 11.5. The van der Waals surface area contributed by atoms with Crippen molar-refractivity contribution < 1.29 is 33.3 Å². The van der Waals surface area contributed by atoms with Gasteiger partial charge in [-0.1, -0.05) is 0 Å². The molecule has 156 valence electrons. The van der Waals surface area contributed by atoms with Gasteiger partial charge in [0, 0.05) is 5.69 Å². The van der Waals surface area contributed by atoms with E-state index in [0.29, 0.717) is 28.3 Å². The number of nitrogens with one attached hydrogen (secondary N) is 1. The smallest absolute Gasteiger partial charge is 0.340 e. The van der Waals surface area contributed by atoms with Crippen LogP contribution in [-0.4, -0.2) is 49.6 Å². The lowest BCUT2D eigenvalue weighted by Gasteiger charge is -2.13. The Labute approximate surface area is 169 Å². The van der Waals surface area contributed by atoms with Gasteiger partial charge in [-0.15, -0.1) is 0 Å². The molecule has 0 spiro atoms. The molecule has 0 bridgehead atoms. The van der Waals surface area contributed by atoms with Crippen molar-refractivity contribution in [2.75, 3.05) is 20.8 Å². The fourth-order valence-corrected chi connectivity index (χ4v) is 2.95. The molecule has 0 aliphatic rings. The molecule has 8 nitrogen and oxygen atoms in total. The fourth-order valence-electron chi connectivity index (χ4n) is 2.95. The molecule has 2 aromatic rings. The van der Waals surface area contributed by atoms with Crippen LogP contribution in [0.2, 0.25) is 0 Å². The molecule has 29 heavy (non-hydrogen) atoms. The molecule has 0 aliphatic heterocycles. The molecule has 1 N–H and O–H groups in total. The number of H-pyrrole nitrogens is 1. The number of carbonyl (C=O) groups is 3. The molecule has 0 aliphatic carbocycles. The maximum Gasteiger partial charge on any atom is 0.340 e.